The average molecular weight is 125 g/mol. The lowest BCUT2D eigenvalue weighted by molar-refractivity contribution is -0.389. The van der Waals surface area contributed by atoms with Crippen LogP contribution in [0.25, 0.3) is 0 Å². The predicted octanol–water partition coefficient (Wildman–Crippen LogP) is 0.385. The van der Waals surface area contributed by atoms with Crippen LogP contribution in [-0.4, -0.2) is 14.9 Å². The second kappa shape index (κ2) is 2.17. The molecule has 0 saturated carbocycles. The Morgan fingerprint density at radius 3 is 2.78 bits per heavy atom. The van der Waals surface area contributed by atoms with Gasteiger partial charge in [0.1, 0.15) is 0 Å². The van der Waals surface area contributed by atoms with Crippen LogP contribution in [-0.2, 0) is 0 Å². The van der Waals surface area contributed by atoms with Crippen LogP contribution in [0.1, 0.15) is 0 Å². The van der Waals surface area contributed by atoms with E-state index in [9.17, 15) is 10.1 Å². The predicted molar refractivity (Wildman–Crippen MR) is 28.7 cm³/mol. The maximum atomic E-state index is 9.92. The molecule has 0 saturated heterocycles. The van der Waals surface area contributed by atoms with Crippen LogP contribution in [0, 0.1) is 10.1 Å². The van der Waals surface area contributed by atoms with Crippen molar-refractivity contribution in [1.82, 2.24) is 9.97 Å². The maximum Gasteiger partial charge on any atom is 0.366 e. The van der Waals surface area contributed by atoms with Gasteiger partial charge in [-0.25, -0.2) is 4.98 Å². The Hall–Kier alpha value is -1.52. The second-order valence-corrected chi connectivity index (χ2v) is 1.32. The number of aromatic nitrogens is 2. The minimum absolute atomic E-state index is 0.176. The first-order chi connectivity index (χ1) is 4.30. The van der Waals surface area contributed by atoms with E-state index in [4.69, 9.17) is 0 Å². The average Bonchev–Trinajstić information content (AvgIpc) is 1.90. The van der Waals surface area contributed by atoms with Gasteiger partial charge in [-0.05, 0) is 9.91 Å². The molecule has 9 heavy (non-hydrogen) atoms. The normalized spacial score (nSPS) is 8.89. The summed E-state index contributed by atoms with van der Waals surface area (Å²) in [6, 6.07) is 1.24. The van der Waals surface area contributed by atoms with Gasteiger partial charge in [-0.3, -0.25) is 0 Å². The molecule has 0 radical (unpaired) electrons. The highest BCUT2D eigenvalue weighted by atomic mass is 16.6. The van der Waals surface area contributed by atoms with E-state index < -0.39 is 4.92 Å². The van der Waals surface area contributed by atoms with Crippen molar-refractivity contribution >= 4 is 5.82 Å². The molecule has 1 aromatic heterocycles. The van der Waals surface area contributed by atoms with Crippen LogP contribution in [0.3, 0.4) is 0 Å². The van der Waals surface area contributed by atoms with E-state index >= 15 is 0 Å². The molecule has 1 heterocycles. The van der Waals surface area contributed by atoms with Crippen LogP contribution >= 0.6 is 0 Å². The topological polar surface area (TPSA) is 68.9 Å². The fourth-order valence-corrected chi connectivity index (χ4v) is 0.392. The monoisotopic (exact) mass is 125 g/mol. The minimum atomic E-state index is -0.568. The van der Waals surface area contributed by atoms with Gasteiger partial charge >= 0.3 is 5.82 Å². The highest BCUT2D eigenvalue weighted by Crippen LogP contribution is 1.99. The summed E-state index contributed by atoms with van der Waals surface area (Å²) in [6.45, 7) is 0. The van der Waals surface area contributed by atoms with Crippen LogP contribution in [0.15, 0.2) is 18.6 Å². The Morgan fingerprint density at radius 1 is 1.67 bits per heavy atom. The summed E-state index contributed by atoms with van der Waals surface area (Å²) in [6.07, 6.45) is 2.46. The third kappa shape index (κ3) is 1.18. The van der Waals surface area contributed by atoms with E-state index in [1.165, 1.54) is 12.3 Å². The lowest BCUT2D eigenvalue weighted by Crippen LogP contribution is -1.90. The number of rotatable bonds is 1. The molecule has 0 spiro atoms. The summed E-state index contributed by atoms with van der Waals surface area (Å²) in [5.74, 6) is -0.176. The Morgan fingerprint density at radius 2 is 2.44 bits per heavy atom. The second-order valence-electron chi connectivity index (χ2n) is 1.32. The zero-order valence-electron chi connectivity index (χ0n) is 4.39. The number of nitrogens with zero attached hydrogens (tertiary/aromatic N) is 3. The standard InChI is InChI=1S/C4H3N3O2/c8-7(9)4-1-2-5-3-6-4/h1-3H. The molecule has 5 heteroatoms. The molecular formula is C4H3N3O2. The Kier molecular flexibility index (Phi) is 1.35. The van der Waals surface area contributed by atoms with Crippen LogP contribution in [0.5, 0.6) is 0 Å². The molecule has 1 aromatic rings. The summed E-state index contributed by atoms with van der Waals surface area (Å²) in [5.41, 5.74) is 0. The minimum Gasteiger partial charge on any atom is -0.358 e. The number of hydrogen-bond donors (Lipinski definition) is 0. The van der Waals surface area contributed by atoms with Gasteiger partial charge in [-0.1, -0.05) is 0 Å². The van der Waals surface area contributed by atoms with Crippen LogP contribution < -0.4 is 0 Å². The van der Waals surface area contributed by atoms with E-state index in [0.29, 0.717) is 0 Å². The van der Waals surface area contributed by atoms with Gasteiger partial charge in [-0.15, -0.1) is 0 Å². The Bertz CT molecular complexity index is 210. The maximum absolute atomic E-state index is 9.92. The zero-order chi connectivity index (χ0) is 6.69. The summed E-state index contributed by atoms with van der Waals surface area (Å²) in [4.78, 5) is 16.2. The fraction of sp³-hybridized carbons (Fsp3) is 0. The van der Waals surface area contributed by atoms with Gasteiger partial charge in [0.25, 0.3) is 0 Å². The molecule has 1 rings (SSSR count). The van der Waals surface area contributed by atoms with E-state index in [-0.39, 0.29) is 5.82 Å². The third-order valence-electron chi connectivity index (χ3n) is 0.753. The first kappa shape index (κ1) is 5.61. The van der Waals surface area contributed by atoms with Gasteiger partial charge in [-0.2, -0.15) is 0 Å². The van der Waals surface area contributed by atoms with Crippen molar-refractivity contribution in [3.05, 3.63) is 28.7 Å². The van der Waals surface area contributed by atoms with Crippen molar-refractivity contribution in [2.24, 2.45) is 0 Å². The smallest absolute Gasteiger partial charge is 0.358 e. The van der Waals surface area contributed by atoms with Gasteiger partial charge < -0.3 is 10.1 Å². The van der Waals surface area contributed by atoms with Gasteiger partial charge in [0.15, 0.2) is 0 Å². The van der Waals surface area contributed by atoms with Gasteiger partial charge in [0.05, 0.1) is 6.07 Å². The number of hydrogen-bond acceptors (Lipinski definition) is 4. The first-order valence-electron chi connectivity index (χ1n) is 2.21. The van der Waals surface area contributed by atoms with Gasteiger partial charge in [0.2, 0.25) is 6.33 Å². The van der Waals surface area contributed by atoms with Crippen molar-refractivity contribution in [2.45, 2.75) is 0 Å². The fourth-order valence-electron chi connectivity index (χ4n) is 0.392. The molecule has 0 aliphatic heterocycles. The highest BCUT2D eigenvalue weighted by molar-refractivity contribution is 5.12. The number of nitro groups is 1. The first-order valence-corrected chi connectivity index (χ1v) is 2.21. The van der Waals surface area contributed by atoms with Crippen molar-refractivity contribution in [1.29, 1.82) is 0 Å². The molecule has 0 atom stereocenters. The molecule has 0 aliphatic rings. The van der Waals surface area contributed by atoms with E-state index in [2.05, 4.69) is 9.97 Å². The van der Waals surface area contributed by atoms with Gasteiger partial charge in [0, 0.05) is 6.20 Å². The SMILES string of the molecule is O=[N+]([O-])c1ccncn1. The molecule has 5 nitrogen and oxygen atoms in total. The lowest BCUT2D eigenvalue weighted by atomic mass is 10.6. The highest BCUT2D eigenvalue weighted by Gasteiger charge is 2.01. The molecule has 0 bridgehead atoms. The van der Waals surface area contributed by atoms with Crippen LogP contribution in [0.4, 0.5) is 5.82 Å². The molecule has 0 aromatic carbocycles. The summed E-state index contributed by atoms with van der Waals surface area (Å²) in [5, 5.41) is 9.92. The molecule has 0 N–H and O–H groups in total. The molecule has 0 amide bonds. The lowest BCUT2D eigenvalue weighted by Gasteiger charge is -1.86. The van der Waals surface area contributed by atoms with E-state index in [1.54, 1.807) is 0 Å². The largest absolute Gasteiger partial charge is 0.366 e. The van der Waals surface area contributed by atoms with Crippen molar-refractivity contribution in [2.75, 3.05) is 0 Å². The summed E-state index contributed by atoms with van der Waals surface area (Å²) in [7, 11) is 0. The third-order valence-corrected chi connectivity index (χ3v) is 0.753. The van der Waals surface area contributed by atoms with E-state index in [0.717, 1.165) is 6.33 Å². The molecular weight excluding hydrogens is 122 g/mol. The Labute approximate surface area is 50.5 Å². The Balaban J connectivity index is 2.98. The zero-order valence-corrected chi connectivity index (χ0v) is 4.39. The summed E-state index contributed by atoms with van der Waals surface area (Å²) < 4.78 is 0. The van der Waals surface area contributed by atoms with Crippen molar-refractivity contribution in [3.8, 4) is 0 Å². The molecule has 46 valence electrons. The van der Waals surface area contributed by atoms with E-state index in [1.807, 2.05) is 0 Å². The summed E-state index contributed by atoms with van der Waals surface area (Å²) >= 11 is 0. The van der Waals surface area contributed by atoms with Crippen molar-refractivity contribution < 1.29 is 4.92 Å². The van der Waals surface area contributed by atoms with Crippen LogP contribution in [0.2, 0.25) is 0 Å². The molecule has 0 aliphatic carbocycles. The quantitative estimate of drug-likeness (QED) is 0.402. The molecule has 0 fully saturated rings. The van der Waals surface area contributed by atoms with Crippen molar-refractivity contribution in [3.63, 3.8) is 0 Å². The molecule has 0 unspecified atom stereocenters.